The van der Waals surface area contributed by atoms with Gasteiger partial charge in [0.1, 0.15) is 0 Å². The van der Waals surface area contributed by atoms with Gasteiger partial charge in [-0.3, -0.25) is 9.78 Å². The molecule has 104 valence electrons. The van der Waals surface area contributed by atoms with Gasteiger partial charge in [0.05, 0.1) is 17.4 Å². The summed E-state index contributed by atoms with van der Waals surface area (Å²) >= 11 is 0. The van der Waals surface area contributed by atoms with E-state index in [-0.39, 0.29) is 12.0 Å². The Hall–Kier alpha value is -1.62. The number of ether oxygens (including phenoxy) is 1. The fourth-order valence-electron chi connectivity index (χ4n) is 2.09. The lowest BCUT2D eigenvalue weighted by Crippen LogP contribution is -2.31. The van der Waals surface area contributed by atoms with Crippen LogP contribution in [0.15, 0.2) is 18.5 Å². The average Bonchev–Trinajstić information content (AvgIpc) is 2.88. The Morgan fingerprint density at radius 1 is 1.53 bits per heavy atom. The summed E-state index contributed by atoms with van der Waals surface area (Å²) in [6, 6.07) is 2.13. The second kappa shape index (κ2) is 6.52. The lowest BCUT2D eigenvalue weighted by Gasteiger charge is -2.12. The number of anilines is 1. The molecule has 1 fully saturated rings. The minimum Gasteiger partial charge on any atom is -0.382 e. The molecule has 0 aliphatic carbocycles. The largest absolute Gasteiger partial charge is 0.382 e. The van der Waals surface area contributed by atoms with Crippen LogP contribution in [-0.4, -0.2) is 36.2 Å². The molecule has 0 bridgehead atoms. The van der Waals surface area contributed by atoms with Gasteiger partial charge in [-0.05, 0) is 32.8 Å². The maximum absolute atomic E-state index is 12.0. The van der Waals surface area contributed by atoms with E-state index in [1.54, 1.807) is 12.4 Å². The van der Waals surface area contributed by atoms with E-state index < -0.39 is 0 Å². The van der Waals surface area contributed by atoms with Crippen LogP contribution in [0.1, 0.15) is 37.0 Å². The van der Waals surface area contributed by atoms with Gasteiger partial charge in [-0.2, -0.15) is 0 Å². The lowest BCUT2D eigenvalue weighted by molar-refractivity contribution is 0.0857. The van der Waals surface area contributed by atoms with Crippen LogP contribution in [0.4, 0.5) is 5.69 Å². The summed E-state index contributed by atoms with van der Waals surface area (Å²) < 4.78 is 5.47. The van der Waals surface area contributed by atoms with E-state index in [1.165, 1.54) is 0 Å². The zero-order valence-electron chi connectivity index (χ0n) is 11.5. The summed E-state index contributed by atoms with van der Waals surface area (Å²) in [5.74, 6) is -0.101. The molecule has 1 aliphatic rings. The molecule has 1 atom stereocenters. The monoisotopic (exact) mass is 263 g/mol. The van der Waals surface area contributed by atoms with Gasteiger partial charge in [0.15, 0.2) is 0 Å². The van der Waals surface area contributed by atoms with Crippen LogP contribution < -0.4 is 10.6 Å². The smallest absolute Gasteiger partial charge is 0.253 e. The predicted molar refractivity (Wildman–Crippen MR) is 74.3 cm³/mol. The number of carbonyl (C=O) groups excluding carboxylic acids is 1. The number of aromatic nitrogens is 1. The minimum absolute atomic E-state index is 0.101. The van der Waals surface area contributed by atoms with Crippen LogP contribution in [-0.2, 0) is 4.74 Å². The molecule has 0 aromatic carbocycles. The summed E-state index contributed by atoms with van der Waals surface area (Å²) in [5.41, 5.74) is 1.43. The molecule has 2 rings (SSSR count). The lowest BCUT2D eigenvalue weighted by atomic mass is 10.2. The van der Waals surface area contributed by atoms with Crippen molar-refractivity contribution in [3.8, 4) is 0 Å². The fraction of sp³-hybridized carbons (Fsp3) is 0.571. The van der Waals surface area contributed by atoms with Crippen molar-refractivity contribution in [3.63, 3.8) is 0 Å². The number of pyridine rings is 1. The van der Waals surface area contributed by atoms with Crippen molar-refractivity contribution in [1.82, 2.24) is 10.3 Å². The summed E-state index contributed by atoms with van der Waals surface area (Å²) in [4.78, 5) is 16.1. The third-order valence-corrected chi connectivity index (χ3v) is 2.97. The molecule has 1 saturated heterocycles. The van der Waals surface area contributed by atoms with Crippen LogP contribution in [0.3, 0.4) is 0 Å². The second-order valence-electron chi connectivity index (χ2n) is 5.11. The highest BCUT2D eigenvalue weighted by atomic mass is 16.5. The molecule has 2 N–H and O–H groups in total. The zero-order chi connectivity index (χ0) is 13.7. The van der Waals surface area contributed by atoms with Crippen molar-refractivity contribution in [2.45, 2.75) is 38.8 Å². The van der Waals surface area contributed by atoms with Gasteiger partial charge in [-0.25, -0.2) is 0 Å². The molecule has 0 spiro atoms. The molecule has 0 radical (unpaired) electrons. The number of rotatable bonds is 5. The molecule has 5 nitrogen and oxygen atoms in total. The summed E-state index contributed by atoms with van der Waals surface area (Å²) in [6.07, 6.45) is 5.56. The highest BCUT2D eigenvalue weighted by molar-refractivity contribution is 5.94. The molecular formula is C14H21N3O2. The number of hydrogen-bond acceptors (Lipinski definition) is 4. The number of nitrogens with one attached hydrogen (secondary N) is 2. The fourth-order valence-corrected chi connectivity index (χ4v) is 2.09. The third kappa shape index (κ3) is 4.21. The SMILES string of the molecule is CC(C)Nc1cncc(C(=O)NCC2CCCO2)c1. The molecular weight excluding hydrogens is 242 g/mol. The highest BCUT2D eigenvalue weighted by Crippen LogP contribution is 2.12. The molecule has 1 unspecified atom stereocenters. The summed E-state index contributed by atoms with van der Waals surface area (Å²) in [5, 5.41) is 6.12. The van der Waals surface area contributed by atoms with Gasteiger partial charge in [-0.15, -0.1) is 0 Å². The molecule has 1 aromatic heterocycles. The van der Waals surface area contributed by atoms with Crippen molar-refractivity contribution in [2.24, 2.45) is 0 Å². The standard InChI is InChI=1S/C14H21N3O2/c1-10(2)17-12-6-11(7-15-8-12)14(18)16-9-13-4-3-5-19-13/h6-8,10,13,17H,3-5,9H2,1-2H3,(H,16,18). The first-order valence-corrected chi connectivity index (χ1v) is 6.76. The normalized spacial score (nSPS) is 18.6. The van der Waals surface area contributed by atoms with Gasteiger partial charge >= 0.3 is 0 Å². The summed E-state index contributed by atoms with van der Waals surface area (Å²) in [7, 11) is 0. The zero-order valence-corrected chi connectivity index (χ0v) is 11.5. The first-order chi connectivity index (χ1) is 9.15. The van der Waals surface area contributed by atoms with Gasteiger partial charge in [0, 0.05) is 31.6 Å². The summed E-state index contributed by atoms with van der Waals surface area (Å²) in [6.45, 7) is 5.46. The Bertz CT molecular complexity index is 428. The van der Waals surface area contributed by atoms with Crippen molar-refractivity contribution in [2.75, 3.05) is 18.5 Å². The number of amides is 1. The Balaban J connectivity index is 1.90. The van der Waals surface area contributed by atoms with Crippen molar-refractivity contribution in [3.05, 3.63) is 24.0 Å². The average molecular weight is 263 g/mol. The van der Waals surface area contributed by atoms with Crippen LogP contribution in [0, 0.1) is 0 Å². The Morgan fingerprint density at radius 2 is 2.37 bits per heavy atom. The second-order valence-corrected chi connectivity index (χ2v) is 5.11. The highest BCUT2D eigenvalue weighted by Gasteiger charge is 2.16. The Kier molecular flexibility index (Phi) is 4.74. The van der Waals surface area contributed by atoms with E-state index in [4.69, 9.17) is 4.74 Å². The van der Waals surface area contributed by atoms with Gasteiger partial charge in [0.2, 0.25) is 0 Å². The van der Waals surface area contributed by atoms with Crippen LogP contribution >= 0.6 is 0 Å². The van der Waals surface area contributed by atoms with Gasteiger partial charge < -0.3 is 15.4 Å². The molecule has 1 amide bonds. The molecule has 1 aromatic rings. The Morgan fingerprint density at radius 3 is 3.05 bits per heavy atom. The maximum atomic E-state index is 12.0. The van der Waals surface area contributed by atoms with Gasteiger partial charge in [0.25, 0.3) is 5.91 Å². The number of carbonyl (C=O) groups is 1. The van der Waals surface area contributed by atoms with E-state index in [0.29, 0.717) is 18.2 Å². The van der Waals surface area contributed by atoms with Crippen LogP contribution in [0.25, 0.3) is 0 Å². The molecule has 1 aliphatic heterocycles. The van der Waals surface area contributed by atoms with Crippen molar-refractivity contribution >= 4 is 11.6 Å². The molecule has 5 heteroatoms. The van der Waals surface area contributed by atoms with E-state index in [1.807, 2.05) is 19.9 Å². The van der Waals surface area contributed by atoms with E-state index in [9.17, 15) is 4.79 Å². The topological polar surface area (TPSA) is 63.2 Å². The Labute approximate surface area is 113 Å². The van der Waals surface area contributed by atoms with Gasteiger partial charge in [-0.1, -0.05) is 0 Å². The molecule has 0 saturated carbocycles. The van der Waals surface area contributed by atoms with E-state index in [0.717, 1.165) is 25.1 Å². The third-order valence-electron chi connectivity index (χ3n) is 2.97. The predicted octanol–water partition coefficient (Wildman–Crippen LogP) is 1.81. The quantitative estimate of drug-likeness (QED) is 0.850. The van der Waals surface area contributed by atoms with Crippen LogP contribution in [0.5, 0.6) is 0 Å². The first-order valence-electron chi connectivity index (χ1n) is 6.76. The number of nitrogens with zero attached hydrogens (tertiary/aromatic N) is 1. The van der Waals surface area contributed by atoms with Crippen LogP contribution in [0.2, 0.25) is 0 Å². The molecule has 19 heavy (non-hydrogen) atoms. The van der Waals surface area contributed by atoms with E-state index >= 15 is 0 Å². The van der Waals surface area contributed by atoms with Crippen molar-refractivity contribution < 1.29 is 9.53 Å². The number of hydrogen-bond donors (Lipinski definition) is 2. The maximum Gasteiger partial charge on any atom is 0.253 e. The minimum atomic E-state index is -0.101. The first kappa shape index (κ1) is 13.8. The van der Waals surface area contributed by atoms with E-state index in [2.05, 4.69) is 15.6 Å². The molecule has 2 heterocycles. The van der Waals surface area contributed by atoms with Crippen molar-refractivity contribution in [1.29, 1.82) is 0 Å².